The molecule has 2 amide bonds. The molecule has 12 heavy (non-hydrogen) atoms. The molecule has 0 aliphatic heterocycles. The number of carbonyl (C=O) groups excluding carboxylic acids is 2. The number of rotatable bonds is 2. The minimum atomic E-state index is -0.841. The average Bonchev–Trinajstić information content (AvgIpc) is 1.87. The summed E-state index contributed by atoms with van der Waals surface area (Å²) < 4.78 is 0. The minimum Gasteiger partial charge on any atom is -0.352 e. The Morgan fingerprint density at radius 2 is 1.75 bits per heavy atom. The third-order valence-corrected chi connectivity index (χ3v) is 0.740. The molecule has 0 rings (SSSR count). The standard InChI is InChI=1S/C5H10N2O2.C2H7N/c1-5(2,3-8)7-4(6)9;1-3-2/h3H,1-2H3,(H3,6,7,9);3H,1-2H3. The highest BCUT2D eigenvalue weighted by atomic mass is 16.2. The van der Waals surface area contributed by atoms with Crippen LogP contribution in [0.5, 0.6) is 0 Å². The van der Waals surface area contributed by atoms with Gasteiger partial charge in [0.25, 0.3) is 0 Å². The van der Waals surface area contributed by atoms with Crippen LogP contribution in [0.4, 0.5) is 4.79 Å². The van der Waals surface area contributed by atoms with Gasteiger partial charge in [0.2, 0.25) is 0 Å². The topological polar surface area (TPSA) is 84.2 Å². The Bertz CT molecular complexity index is 146. The van der Waals surface area contributed by atoms with Crippen molar-refractivity contribution in [3.05, 3.63) is 0 Å². The van der Waals surface area contributed by atoms with E-state index in [1.807, 2.05) is 14.1 Å². The van der Waals surface area contributed by atoms with Gasteiger partial charge < -0.3 is 21.2 Å². The molecule has 0 aromatic carbocycles. The summed E-state index contributed by atoms with van der Waals surface area (Å²) in [5, 5.41) is 4.99. The van der Waals surface area contributed by atoms with Crippen molar-refractivity contribution in [2.75, 3.05) is 14.1 Å². The van der Waals surface area contributed by atoms with Gasteiger partial charge in [-0.15, -0.1) is 0 Å². The fraction of sp³-hybridized carbons (Fsp3) is 0.714. The number of aldehydes is 1. The molecule has 0 aromatic rings. The Morgan fingerprint density at radius 1 is 1.42 bits per heavy atom. The van der Waals surface area contributed by atoms with Crippen LogP contribution in [-0.2, 0) is 4.79 Å². The van der Waals surface area contributed by atoms with Crippen molar-refractivity contribution in [2.24, 2.45) is 5.73 Å². The van der Waals surface area contributed by atoms with E-state index in [2.05, 4.69) is 10.6 Å². The van der Waals surface area contributed by atoms with Crippen LogP contribution in [0.1, 0.15) is 13.8 Å². The van der Waals surface area contributed by atoms with E-state index in [0.717, 1.165) is 0 Å². The molecule has 0 unspecified atom stereocenters. The minimum absolute atomic E-state index is 0.623. The average molecular weight is 175 g/mol. The lowest BCUT2D eigenvalue weighted by Crippen LogP contribution is -2.47. The maximum Gasteiger partial charge on any atom is 0.312 e. The number of nitrogens with two attached hydrogens (primary N) is 1. The summed E-state index contributed by atoms with van der Waals surface area (Å²) >= 11 is 0. The number of nitrogens with one attached hydrogen (secondary N) is 2. The Morgan fingerprint density at radius 3 is 1.83 bits per heavy atom. The lowest BCUT2D eigenvalue weighted by molar-refractivity contribution is -0.111. The highest BCUT2D eigenvalue weighted by Gasteiger charge is 2.16. The predicted molar refractivity (Wildman–Crippen MR) is 47.8 cm³/mol. The van der Waals surface area contributed by atoms with E-state index in [1.165, 1.54) is 0 Å². The lowest BCUT2D eigenvalue weighted by Gasteiger charge is -2.16. The molecule has 0 aliphatic carbocycles. The van der Waals surface area contributed by atoms with E-state index in [4.69, 9.17) is 5.73 Å². The lowest BCUT2D eigenvalue weighted by atomic mass is 10.1. The van der Waals surface area contributed by atoms with Gasteiger partial charge in [-0.2, -0.15) is 0 Å². The van der Waals surface area contributed by atoms with Crippen LogP contribution in [-0.4, -0.2) is 32.0 Å². The molecule has 4 N–H and O–H groups in total. The zero-order chi connectivity index (χ0) is 10.2. The van der Waals surface area contributed by atoms with Crippen LogP contribution in [0.15, 0.2) is 0 Å². The van der Waals surface area contributed by atoms with Crippen molar-refractivity contribution in [1.29, 1.82) is 0 Å². The van der Waals surface area contributed by atoms with Gasteiger partial charge in [-0.1, -0.05) is 0 Å². The molecule has 0 atom stereocenters. The fourth-order valence-electron chi connectivity index (χ4n) is 0.347. The van der Waals surface area contributed by atoms with E-state index in [-0.39, 0.29) is 0 Å². The second-order valence-corrected chi connectivity index (χ2v) is 2.83. The molecule has 0 bridgehead atoms. The first kappa shape index (κ1) is 13.5. The third-order valence-electron chi connectivity index (χ3n) is 0.740. The molecular formula is C7H17N3O2. The van der Waals surface area contributed by atoms with Crippen LogP contribution in [0.3, 0.4) is 0 Å². The Hall–Kier alpha value is -1.10. The smallest absolute Gasteiger partial charge is 0.312 e. The zero-order valence-electron chi connectivity index (χ0n) is 7.97. The van der Waals surface area contributed by atoms with Gasteiger partial charge >= 0.3 is 6.03 Å². The van der Waals surface area contributed by atoms with Crippen molar-refractivity contribution in [3.8, 4) is 0 Å². The maximum atomic E-state index is 10.1. The van der Waals surface area contributed by atoms with Gasteiger partial charge in [-0.25, -0.2) is 4.79 Å². The first-order chi connectivity index (χ1) is 5.39. The zero-order valence-corrected chi connectivity index (χ0v) is 7.97. The number of carbonyl (C=O) groups is 2. The molecule has 0 aliphatic rings. The van der Waals surface area contributed by atoms with Crippen molar-refractivity contribution in [1.82, 2.24) is 10.6 Å². The third kappa shape index (κ3) is 11.7. The predicted octanol–water partition coefficient (Wildman–Crippen LogP) is -0.532. The molecule has 5 heteroatoms. The number of hydrogen-bond donors (Lipinski definition) is 3. The summed E-state index contributed by atoms with van der Waals surface area (Å²) in [4.78, 5) is 20.2. The van der Waals surface area contributed by atoms with Crippen molar-refractivity contribution in [2.45, 2.75) is 19.4 Å². The van der Waals surface area contributed by atoms with Crippen LogP contribution in [0, 0.1) is 0 Å². The SMILES string of the molecule is CC(C)(C=O)NC(N)=O.CNC. The number of hydrogen-bond acceptors (Lipinski definition) is 3. The van der Waals surface area contributed by atoms with Crippen LogP contribution >= 0.6 is 0 Å². The molecule has 0 spiro atoms. The highest BCUT2D eigenvalue weighted by Crippen LogP contribution is 1.93. The van der Waals surface area contributed by atoms with Gasteiger partial charge in [-0.3, -0.25) is 0 Å². The summed E-state index contributed by atoms with van der Waals surface area (Å²) in [6.07, 6.45) is 0.623. The summed E-state index contributed by atoms with van der Waals surface area (Å²) in [6.45, 7) is 3.12. The Labute approximate surface area is 72.7 Å². The van der Waals surface area contributed by atoms with Crippen LogP contribution < -0.4 is 16.4 Å². The summed E-state index contributed by atoms with van der Waals surface area (Å²) in [6, 6.07) is -0.688. The molecule has 0 fully saturated rings. The molecule has 0 heterocycles. The molecule has 5 nitrogen and oxygen atoms in total. The van der Waals surface area contributed by atoms with E-state index in [1.54, 1.807) is 13.8 Å². The second kappa shape index (κ2) is 6.60. The van der Waals surface area contributed by atoms with Crippen molar-refractivity contribution >= 4 is 12.3 Å². The Balaban J connectivity index is 0. The normalized spacial score (nSPS) is 9.33. The molecule has 0 aromatic heterocycles. The van der Waals surface area contributed by atoms with Crippen LogP contribution in [0.2, 0.25) is 0 Å². The maximum absolute atomic E-state index is 10.1. The summed E-state index contributed by atoms with van der Waals surface area (Å²) in [7, 11) is 3.75. The van der Waals surface area contributed by atoms with Gasteiger partial charge in [0.05, 0.1) is 5.54 Å². The van der Waals surface area contributed by atoms with E-state index >= 15 is 0 Å². The summed E-state index contributed by atoms with van der Waals surface area (Å²) in [5.41, 5.74) is 3.90. The molecule has 0 saturated carbocycles. The fourth-order valence-corrected chi connectivity index (χ4v) is 0.347. The van der Waals surface area contributed by atoms with Gasteiger partial charge in [0.1, 0.15) is 6.29 Å². The molecule has 72 valence electrons. The van der Waals surface area contributed by atoms with Gasteiger partial charge in [-0.05, 0) is 27.9 Å². The number of primary amides is 1. The first-order valence-electron chi connectivity index (χ1n) is 3.52. The first-order valence-corrected chi connectivity index (χ1v) is 3.52. The molecule has 0 radical (unpaired) electrons. The summed E-state index contributed by atoms with van der Waals surface area (Å²) in [5.74, 6) is 0. The van der Waals surface area contributed by atoms with Crippen LogP contribution in [0.25, 0.3) is 0 Å². The molecule has 0 saturated heterocycles. The quantitative estimate of drug-likeness (QED) is 0.493. The Kier molecular flexibility index (Phi) is 7.42. The number of amides is 2. The second-order valence-electron chi connectivity index (χ2n) is 2.83. The van der Waals surface area contributed by atoms with E-state index in [9.17, 15) is 9.59 Å². The monoisotopic (exact) mass is 175 g/mol. The van der Waals surface area contributed by atoms with Gasteiger partial charge in [0, 0.05) is 0 Å². The highest BCUT2D eigenvalue weighted by molar-refractivity contribution is 5.78. The van der Waals surface area contributed by atoms with Crippen molar-refractivity contribution < 1.29 is 9.59 Å². The largest absolute Gasteiger partial charge is 0.352 e. The van der Waals surface area contributed by atoms with E-state index < -0.39 is 11.6 Å². The van der Waals surface area contributed by atoms with Crippen molar-refractivity contribution in [3.63, 3.8) is 0 Å². The number of urea groups is 1. The van der Waals surface area contributed by atoms with E-state index in [0.29, 0.717) is 6.29 Å². The van der Waals surface area contributed by atoms with Gasteiger partial charge in [0.15, 0.2) is 0 Å². The molecular weight excluding hydrogens is 158 g/mol.